The average molecular weight is 594 g/mol. The van der Waals surface area contributed by atoms with Crippen molar-refractivity contribution in [1.82, 2.24) is 9.88 Å². The van der Waals surface area contributed by atoms with Crippen molar-refractivity contribution < 1.29 is 28.5 Å². The Labute approximate surface area is 225 Å². The normalized spacial score (nSPS) is 31.8. The van der Waals surface area contributed by atoms with Crippen LogP contribution in [-0.4, -0.2) is 58.9 Å². The maximum Gasteiger partial charge on any atom is 0.272 e. The van der Waals surface area contributed by atoms with Crippen LogP contribution in [0.1, 0.15) is 22.6 Å². The summed E-state index contributed by atoms with van der Waals surface area (Å²) in [6.07, 6.45) is -1.41. The molecule has 5 unspecified atom stereocenters. The summed E-state index contributed by atoms with van der Waals surface area (Å²) in [5, 5.41) is 24.8. The van der Waals surface area contributed by atoms with E-state index < -0.39 is 48.2 Å². The SMILES string of the molecule is COc1nc(Cl)cc2c1C1(O)C(O)C(CN3CC(F)(F)C3)C(c3ccccc3)C1(c1ccc(Br)cc1)O2. The molecule has 3 aromatic rings. The molecule has 37 heavy (non-hydrogen) atoms. The fraction of sp³-hybridized carbons (Fsp3) is 0.370. The molecule has 0 bridgehead atoms. The minimum atomic E-state index is -2.77. The summed E-state index contributed by atoms with van der Waals surface area (Å²) in [5.41, 5.74) is -1.97. The van der Waals surface area contributed by atoms with Crippen LogP contribution in [0.15, 0.2) is 65.1 Å². The third-order valence-corrected chi connectivity index (χ3v) is 8.56. The Hall–Kier alpha value is -2.30. The summed E-state index contributed by atoms with van der Waals surface area (Å²) in [4.78, 5) is 5.85. The number of rotatable bonds is 5. The van der Waals surface area contributed by atoms with Gasteiger partial charge in [-0.3, -0.25) is 4.90 Å². The van der Waals surface area contributed by atoms with Crippen LogP contribution in [-0.2, 0) is 11.2 Å². The zero-order valence-corrected chi connectivity index (χ0v) is 22.1. The van der Waals surface area contributed by atoms with Gasteiger partial charge in [0.1, 0.15) is 10.9 Å². The summed E-state index contributed by atoms with van der Waals surface area (Å²) >= 11 is 9.73. The van der Waals surface area contributed by atoms with E-state index in [1.165, 1.54) is 13.2 Å². The fourth-order valence-electron chi connectivity index (χ4n) is 6.49. The van der Waals surface area contributed by atoms with Gasteiger partial charge in [-0.15, -0.1) is 0 Å². The van der Waals surface area contributed by atoms with Crippen LogP contribution in [0, 0.1) is 5.92 Å². The van der Waals surface area contributed by atoms with Crippen molar-refractivity contribution in [2.24, 2.45) is 5.92 Å². The number of aliphatic hydroxyl groups is 2. The van der Waals surface area contributed by atoms with Crippen LogP contribution in [0.5, 0.6) is 11.6 Å². The second-order valence-corrected chi connectivity index (χ2v) is 11.3. The van der Waals surface area contributed by atoms with Gasteiger partial charge in [-0.2, -0.15) is 0 Å². The second-order valence-electron chi connectivity index (χ2n) is 9.96. The number of hydrogen-bond acceptors (Lipinski definition) is 6. The van der Waals surface area contributed by atoms with E-state index in [0.29, 0.717) is 5.56 Å². The lowest BCUT2D eigenvalue weighted by Gasteiger charge is -2.43. The predicted octanol–water partition coefficient (Wildman–Crippen LogP) is 4.71. The highest BCUT2D eigenvalue weighted by Crippen LogP contribution is 2.70. The number of likely N-dealkylation sites (tertiary alicyclic amines) is 1. The van der Waals surface area contributed by atoms with Gasteiger partial charge in [0.2, 0.25) is 5.88 Å². The van der Waals surface area contributed by atoms with Gasteiger partial charge in [0.05, 0.1) is 31.9 Å². The molecule has 3 aliphatic rings. The third kappa shape index (κ3) is 3.55. The van der Waals surface area contributed by atoms with Gasteiger partial charge in [0.25, 0.3) is 5.92 Å². The molecule has 1 aromatic heterocycles. The third-order valence-electron chi connectivity index (χ3n) is 7.84. The average Bonchev–Trinajstić information content (AvgIpc) is 3.21. The highest BCUT2D eigenvalue weighted by molar-refractivity contribution is 9.10. The number of nitrogens with zero attached hydrogens (tertiary/aromatic N) is 2. The number of benzene rings is 2. The molecule has 6 rings (SSSR count). The van der Waals surface area contributed by atoms with E-state index in [9.17, 15) is 19.0 Å². The standard InChI is InChI=1S/C27H24BrClF2N2O4/c1-36-24-22-19(11-20(29)32-24)37-27(16-7-9-17(28)10-8-16)21(15-5-3-2-4-6-15)18(23(34)26(22,27)35)12-33-13-25(30,31)14-33/h2-11,18,21,23,34-35H,12-14H2,1H3. The van der Waals surface area contributed by atoms with Crippen LogP contribution in [0.2, 0.25) is 5.15 Å². The van der Waals surface area contributed by atoms with Crippen LogP contribution in [0.4, 0.5) is 8.78 Å². The number of methoxy groups -OCH3 is 1. The molecule has 3 heterocycles. The van der Waals surface area contributed by atoms with E-state index in [1.807, 2.05) is 54.6 Å². The number of hydrogen-bond donors (Lipinski definition) is 2. The second kappa shape index (κ2) is 8.61. The van der Waals surface area contributed by atoms with Crippen molar-refractivity contribution in [3.8, 4) is 11.6 Å². The zero-order valence-electron chi connectivity index (χ0n) is 19.7. The maximum atomic E-state index is 13.8. The molecule has 1 aliphatic carbocycles. The molecule has 6 nitrogen and oxygen atoms in total. The monoisotopic (exact) mass is 592 g/mol. The predicted molar refractivity (Wildman–Crippen MR) is 136 cm³/mol. The quantitative estimate of drug-likeness (QED) is 0.418. The maximum absolute atomic E-state index is 13.8. The molecule has 0 spiro atoms. The molecule has 1 saturated heterocycles. The molecule has 1 saturated carbocycles. The Morgan fingerprint density at radius 3 is 2.46 bits per heavy atom. The summed E-state index contributed by atoms with van der Waals surface area (Å²) < 4.78 is 40.6. The van der Waals surface area contributed by atoms with Crippen LogP contribution < -0.4 is 9.47 Å². The molecular weight excluding hydrogens is 570 g/mol. The van der Waals surface area contributed by atoms with Crippen molar-refractivity contribution in [2.75, 3.05) is 26.7 Å². The molecule has 2 aliphatic heterocycles. The lowest BCUT2D eigenvalue weighted by atomic mass is 9.71. The minimum absolute atomic E-state index is 0.0333. The Balaban J connectivity index is 1.61. The summed E-state index contributed by atoms with van der Waals surface area (Å²) in [6.45, 7) is -0.669. The lowest BCUT2D eigenvalue weighted by Crippen LogP contribution is -2.58. The first kappa shape index (κ1) is 25.0. The molecule has 2 fully saturated rings. The largest absolute Gasteiger partial charge is 0.481 e. The van der Waals surface area contributed by atoms with Crippen LogP contribution in [0.25, 0.3) is 0 Å². The summed E-state index contributed by atoms with van der Waals surface area (Å²) in [7, 11) is 1.40. The van der Waals surface area contributed by atoms with Crippen LogP contribution >= 0.6 is 27.5 Å². The van der Waals surface area contributed by atoms with Gasteiger partial charge in [-0.25, -0.2) is 13.8 Å². The van der Waals surface area contributed by atoms with E-state index in [2.05, 4.69) is 20.9 Å². The van der Waals surface area contributed by atoms with Gasteiger partial charge < -0.3 is 19.7 Å². The molecule has 5 atom stereocenters. The van der Waals surface area contributed by atoms with E-state index in [-0.39, 0.29) is 28.9 Å². The zero-order chi connectivity index (χ0) is 26.2. The van der Waals surface area contributed by atoms with Gasteiger partial charge in [0.15, 0.2) is 11.2 Å². The lowest BCUT2D eigenvalue weighted by molar-refractivity contribution is -0.157. The highest BCUT2D eigenvalue weighted by Gasteiger charge is 2.77. The van der Waals surface area contributed by atoms with E-state index in [0.717, 1.165) is 10.0 Å². The summed E-state index contributed by atoms with van der Waals surface area (Å²) in [6, 6.07) is 18.2. The van der Waals surface area contributed by atoms with E-state index >= 15 is 0 Å². The number of fused-ring (bicyclic) bond motifs is 3. The van der Waals surface area contributed by atoms with Gasteiger partial charge in [-0.1, -0.05) is 70.0 Å². The Kier molecular flexibility index (Phi) is 5.82. The summed E-state index contributed by atoms with van der Waals surface area (Å²) in [5.74, 6) is -3.78. The number of alkyl halides is 2. The van der Waals surface area contributed by atoms with E-state index in [4.69, 9.17) is 21.1 Å². The molecule has 2 aromatic carbocycles. The number of aliphatic hydroxyl groups excluding tert-OH is 1. The first-order chi connectivity index (χ1) is 17.6. The van der Waals surface area contributed by atoms with Crippen molar-refractivity contribution in [2.45, 2.75) is 29.1 Å². The van der Waals surface area contributed by atoms with Crippen LogP contribution in [0.3, 0.4) is 0 Å². The van der Waals surface area contributed by atoms with Crippen molar-refractivity contribution in [1.29, 1.82) is 0 Å². The molecule has 10 heteroatoms. The first-order valence-corrected chi connectivity index (χ1v) is 13.0. The smallest absolute Gasteiger partial charge is 0.272 e. The number of halogens is 4. The Morgan fingerprint density at radius 2 is 1.84 bits per heavy atom. The minimum Gasteiger partial charge on any atom is -0.481 e. The molecule has 2 N–H and O–H groups in total. The first-order valence-electron chi connectivity index (χ1n) is 11.9. The van der Waals surface area contributed by atoms with Crippen molar-refractivity contribution in [3.05, 3.63) is 87.0 Å². The molecule has 0 amide bonds. The fourth-order valence-corrected chi connectivity index (χ4v) is 6.93. The van der Waals surface area contributed by atoms with Gasteiger partial charge >= 0.3 is 0 Å². The number of ether oxygens (including phenoxy) is 2. The van der Waals surface area contributed by atoms with E-state index in [1.54, 1.807) is 4.90 Å². The topological polar surface area (TPSA) is 75.0 Å². The Morgan fingerprint density at radius 1 is 1.16 bits per heavy atom. The number of aromatic nitrogens is 1. The highest BCUT2D eigenvalue weighted by atomic mass is 79.9. The Bertz CT molecular complexity index is 1340. The number of pyridine rings is 1. The van der Waals surface area contributed by atoms with Crippen molar-refractivity contribution >= 4 is 27.5 Å². The molecular formula is C27H24BrClF2N2O4. The van der Waals surface area contributed by atoms with Gasteiger partial charge in [0, 0.05) is 28.9 Å². The van der Waals surface area contributed by atoms with Crippen molar-refractivity contribution in [3.63, 3.8) is 0 Å². The molecule has 0 radical (unpaired) electrons. The molecule has 194 valence electrons. The van der Waals surface area contributed by atoms with Gasteiger partial charge in [-0.05, 0) is 23.3 Å².